The zero-order valence-electron chi connectivity index (χ0n) is 11.2. The summed E-state index contributed by atoms with van der Waals surface area (Å²) in [5.41, 5.74) is 0.920. The molecule has 20 heavy (non-hydrogen) atoms. The van der Waals surface area contributed by atoms with E-state index < -0.39 is 0 Å². The van der Waals surface area contributed by atoms with Crippen LogP contribution >= 0.6 is 23.2 Å². The van der Waals surface area contributed by atoms with Crippen LogP contribution in [0.3, 0.4) is 0 Å². The zero-order chi connectivity index (χ0) is 14.4. The molecule has 106 valence electrons. The van der Waals surface area contributed by atoms with E-state index >= 15 is 0 Å². The van der Waals surface area contributed by atoms with Crippen molar-refractivity contribution >= 4 is 34.8 Å². The normalized spacial score (nSPS) is 10.3. The van der Waals surface area contributed by atoms with E-state index in [2.05, 4.69) is 27.5 Å². The minimum atomic E-state index is 0.493. The fraction of sp³-hybridized carbons (Fsp3) is 0.286. The SMILES string of the molecule is CCCNc1nc(NCc2ccccn2)c(Cl)cc1Cl. The van der Waals surface area contributed by atoms with Gasteiger partial charge >= 0.3 is 0 Å². The molecule has 0 amide bonds. The van der Waals surface area contributed by atoms with E-state index in [1.54, 1.807) is 12.3 Å². The maximum Gasteiger partial charge on any atom is 0.147 e. The molecule has 2 aromatic heterocycles. The highest BCUT2D eigenvalue weighted by Gasteiger charge is 2.09. The van der Waals surface area contributed by atoms with Gasteiger partial charge in [-0.05, 0) is 24.6 Å². The minimum absolute atomic E-state index is 0.493. The summed E-state index contributed by atoms with van der Waals surface area (Å²) in [4.78, 5) is 8.65. The number of pyridine rings is 2. The number of nitrogens with one attached hydrogen (secondary N) is 2. The highest BCUT2D eigenvalue weighted by molar-refractivity contribution is 6.37. The Hall–Kier alpha value is -1.52. The molecule has 2 heterocycles. The van der Waals surface area contributed by atoms with Crippen LogP contribution in [0.1, 0.15) is 19.0 Å². The third kappa shape index (κ3) is 3.99. The van der Waals surface area contributed by atoms with Crippen molar-refractivity contribution in [1.29, 1.82) is 0 Å². The summed E-state index contributed by atoms with van der Waals surface area (Å²) < 4.78 is 0. The first-order chi connectivity index (χ1) is 9.70. The topological polar surface area (TPSA) is 49.8 Å². The van der Waals surface area contributed by atoms with E-state index in [1.165, 1.54) is 0 Å². The van der Waals surface area contributed by atoms with Crippen LogP contribution in [0.25, 0.3) is 0 Å². The molecule has 0 unspecified atom stereocenters. The molecule has 0 aliphatic rings. The van der Waals surface area contributed by atoms with Crippen molar-refractivity contribution in [3.63, 3.8) is 0 Å². The van der Waals surface area contributed by atoms with E-state index in [0.717, 1.165) is 18.7 Å². The van der Waals surface area contributed by atoms with Crippen molar-refractivity contribution in [2.75, 3.05) is 17.2 Å². The smallest absolute Gasteiger partial charge is 0.147 e. The summed E-state index contributed by atoms with van der Waals surface area (Å²) in [7, 11) is 0. The van der Waals surface area contributed by atoms with Crippen LogP contribution in [-0.4, -0.2) is 16.5 Å². The molecule has 4 nitrogen and oxygen atoms in total. The summed E-state index contributed by atoms with van der Waals surface area (Å²) in [6.45, 7) is 3.45. The molecular weight excluding hydrogens is 295 g/mol. The van der Waals surface area contributed by atoms with Crippen molar-refractivity contribution in [1.82, 2.24) is 9.97 Å². The average molecular weight is 311 g/mol. The monoisotopic (exact) mass is 310 g/mol. The fourth-order valence-corrected chi connectivity index (χ4v) is 2.13. The van der Waals surface area contributed by atoms with Gasteiger partial charge in [-0.3, -0.25) is 4.98 Å². The second kappa shape index (κ2) is 7.31. The van der Waals surface area contributed by atoms with Crippen LogP contribution in [0, 0.1) is 0 Å². The molecule has 0 saturated heterocycles. The van der Waals surface area contributed by atoms with Crippen molar-refractivity contribution in [3.05, 3.63) is 46.2 Å². The van der Waals surface area contributed by atoms with Crippen LogP contribution < -0.4 is 10.6 Å². The van der Waals surface area contributed by atoms with Crippen LogP contribution in [0.5, 0.6) is 0 Å². The van der Waals surface area contributed by atoms with Gasteiger partial charge < -0.3 is 10.6 Å². The molecule has 0 aliphatic heterocycles. The maximum atomic E-state index is 6.14. The highest BCUT2D eigenvalue weighted by Crippen LogP contribution is 2.29. The molecule has 0 fully saturated rings. The van der Waals surface area contributed by atoms with Crippen LogP contribution in [0.2, 0.25) is 10.0 Å². The van der Waals surface area contributed by atoms with Crippen molar-refractivity contribution in [2.24, 2.45) is 0 Å². The lowest BCUT2D eigenvalue weighted by molar-refractivity contribution is 0.966. The van der Waals surface area contributed by atoms with Gasteiger partial charge in [-0.1, -0.05) is 36.2 Å². The molecule has 0 spiro atoms. The Morgan fingerprint density at radius 1 is 1.10 bits per heavy atom. The number of nitrogens with zero attached hydrogens (tertiary/aromatic N) is 2. The molecule has 0 aliphatic carbocycles. The first-order valence-corrected chi connectivity index (χ1v) is 7.20. The Morgan fingerprint density at radius 3 is 2.50 bits per heavy atom. The second-order valence-corrected chi connectivity index (χ2v) is 5.07. The van der Waals surface area contributed by atoms with Crippen LogP contribution in [-0.2, 0) is 6.54 Å². The molecule has 0 saturated carbocycles. The number of hydrogen-bond donors (Lipinski definition) is 2. The van der Waals surface area contributed by atoms with Crippen molar-refractivity contribution in [2.45, 2.75) is 19.9 Å². The summed E-state index contributed by atoms with van der Waals surface area (Å²) in [5.74, 6) is 1.24. The second-order valence-electron chi connectivity index (χ2n) is 4.25. The zero-order valence-corrected chi connectivity index (χ0v) is 12.7. The lowest BCUT2D eigenvalue weighted by Gasteiger charge is -2.12. The van der Waals surface area contributed by atoms with Gasteiger partial charge in [-0.15, -0.1) is 0 Å². The van der Waals surface area contributed by atoms with Gasteiger partial charge in [0.15, 0.2) is 0 Å². The van der Waals surface area contributed by atoms with E-state index in [9.17, 15) is 0 Å². The van der Waals surface area contributed by atoms with Gasteiger partial charge in [0.25, 0.3) is 0 Å². The Balaban J connectivity index is 2.10. The van der Waals surface area contributed by atoms with Crippen LogP contribution in [0.15, 0.2) is 30.5 Å². The molecule has 0 aromatic carbocycles. The predicted molar refractivity (Wildman–Crippen MR) is 84.6 cm³/mol. The molecular formula is C14H16Cl2N4. The van der Waals surface area contributed by atoms with E-state index in [1.807, 2.05) is 18.2 Å². The van der Waals surface area contributed by atoms with Gasteiger partial charge in [0, 0.05) is 12.7 Å². The Morgan fingerprint density at radius 2 is 1.85 bits per heavy atom. The lowest BCUT2D eigenvalue weighted by atomic mass is 10.3. The Bertz CT molecular complexity index is 561. The summed E-state index contributed by atoms with van der Waals surface area (Å²) in [5, 5.41) is 7.35. The molecule has 0 atom stereocenters. The third-order valence-electron chi connectivity index (χ3n) is 2.64. The van der Waals surface area contributed by atoms with E-state index in [0.29, 0.717) is 28.2 Å². The maximum absolute atomic E-state index is 6.14. The summed E-state index contributed by atoms with van der Waals surface area (Å²) in [6.07, 6.45) is 2.75. The summed E-state index contributed by atoms with van der Waals surface area (Å²) in [6, 6.07) is 7.45. The fourth-order valence-electron chi connectivity index (χ4n) is 1.63. The Kier molecular flexibility index (Phi) is 5.44. The average Bonchev–Trinajstić information content (AvgIpc) is 2.46. The number of rotatable bonds is 6. The number of hydrogen-bond acceptors (Lipinski definition) is 4. The van der Waals surface area contributed by atoms with E-state index in [4.69, 9.17) is 23.2 Å². The minimum Gasteiger partial charge on any atom is -0.369 e. The Labute approximate surface area is 128 Å². The summed E-state index contributed by atoms with van der Waals surface area (Å²) >= 11 is 12.2. The molecule has 2 N–H and O–H groups in total. The van der Waals surface area contributed by atoms with Crippen molar-refractivity contribution in [3.8, 4) is 0 Å². The first-order valence-electron chi connectivity index (χ1n) is 6.44. The van der Waals surface area contributed by atoms with Gasteiger partial charge in [0.2, 0.25) is 0 Å². The number of halogens is 2. The van der Waals surface area contributed by atoms with Crippen molar-refractivity contribution < 1.29 is 0 Å². The predicted octanol–water partition coefficient (Wildman–Crippen LogP) is 4.22. The van der Waals surface area contributed by atoms with E-state index in [-0.39, 0.29) is 0 Å². The highest BCUT2D eigenvalue weighted by atomic mass is 35.5. The first kappa shape index (κ1) is 14.9. The molecule has 2 rings (SSSR count). The lowest BCUT2D eigenvalue weighted by Crippen LogP contribution is -2.07. The van der Waals surface area contributed by atoms with Gasteiger partial charge in [-0.2, -0.15) is 0 Å². The molecule has 0 bridgehead atoms. The number of anilines is 2. The number of aromatic nitrogens is 2. The van der Waals surface area contributed by atoms with Gasteiger partial charge in [0.05, 0.1) is 22.3 Å². The molecule has 2 aromatic rings. The largest absolute Gasteiger partial charge is 0.369 e. The third-order valence-corrected chi connectivity index (χ3v) is 3.21. The molecule has 0 radical (unpaired) electrons. The van der Waals surface area contributed by atoms with Gasteiger partial charge in [-0.25, -0.2) is 4.98 Å². The van der Waals surface area contributed by atoms with Crippen LogP contribution in [0.4, 0.5) is 11.6 Å². The quantitative estimate of drug-likeness (QED) is 0.839. The van der Waals surface area contributed by atoms with Gasteiger partial charge in [0.1, 0.15) is 11.6 Å². The molecule has 6 heteroatoms. The standard InChI is InChI=1S/C14H16Cl2N4/c1-2-6-18-13-11(15)8-12(16)14(20-13)19-9-10-5-3-4-7-17-10/h3-5,7-8H,2,6,9H2,1H3,(H2,18,19,20).